The summed E-state index contributed by atoms with van der Waals surface area (Å²) in [5, 5.41) is 2.81. The second-order valence-electron chi connectivity index (χ2n) is 5.70. The number of thioether (sulfide) groups is 1. The molecular formula is C19H24N2O3S2. The zero-order valence-electron chi connectivity index (χ0n) is 15.2. The normalized spacial score (nSPS) is 11.5. The maximum atomic E-state index is 12.5. The van der Waals surface area contributed by atoms with Gasteiger partial charge in [-0.2, -0.15) is 16.1 Å². The fraction of sp³-hybridized carbons (Fsp3) is 0.316. The Morgan fingerprint density at radius 2 is 1.73 bits per heavy atom. The summed E-state index contributed by atoms with van der Waals surface area (Å²) in [6.45, 7) is 4.45. The van der Waals surface area contributed by atoms with Crippen molar-refractivity contribution < 1.29 is 13.2 Å². The lowest BCUT2D eigenvalue weighted by molar-refractivity contribution is 0.102. The Bertz CT molecular complexity index is 845. The van der Waals surface area contributed by atoms with E-state index in [1.807, 2.05) is 24.5 Å². The van der Waals surface area contributed by atoms with Gasteiger partial charge in [-0.25, -0.2) is 8.42 Å². The van der Waals surface area contributed by atoms with Crippen LogP contribution in [0.4, 0.5) is 5.69 Å². The maximum absolute atomic E-state index is 12.5. The van der Waals surface area contributed by atoms with Crippen molar-refractivity contribution in [3.63, 3.8) is 0 Å². The topological polar surface area (TPSA) is 66.5 Å². The third-order valence-electron chi connectivity index (χ3n) is 3.96. The summed E-state index contributed by atoms with van der Waals surface area (Å²) < 4.78 is 26.4. The number of carbonyl (C=O) groups excluding carboxylic acids is 1. The van der Waals surface area contributed by atoms with E-state index >= 15 is 0 Å². The fourth-order valence-electron chi connectivity index (χ4n) is 2.60. The first-order chi connectivity index (χ1) is 12.4. The number of anilines is 1. The van der Waals surface area contributed by atoms with Gasteiger partial charge in [0.05, 0.1) is 4.90 Å². The highest BCUT2D eigenvalue weighted by Gasteiger charge is 2.21. The Balaban J connectivity index is 2.14. The van der Waals surface area contributed by atoms with Crippen LogP contribution in [-0.2, 0) is 15.8 Å². The molecule has 0 heterocycles. The Morgan fingerprint density at radius 1 is 1.08 bits per heavy atom. The van der Waals surface area contributed by atoms with E-state index in [9.17, 15) is 13.2 Å². The van der Waals surface area contributed by atoms with E-state index < -0.39 is 10.0 Å². The van der Waals surface area contributed by atoms with Crippen LogP contribution in [0.2, 0.25) is 0 Å². The van der Waals surface area contributed by atoms with E-state index in [2.05, 4.69) is 5.32 Å². The molecule has 2 aromatic carbocycles. The second-order valence-corrected chi connectivity index (χ2v) is 8.51. The molecule has 1 N–H and O–H groups in total. The molecule has 2 aromatic rings. The molecule has 1 amide bonds. The molecule has 0 saturated heterocycles. The van der Waals surface area contributed by atoms with Gasteiger partial charge in [0.1, 0.15) is 0 Å². The van der Waals surface area contributed by atoms with Gasteiger partial charge in [0.25, 0.3) is 5.91 Å². The fourth-order valence-corrected chi connectivity index (χ4v) is 4.57. The van der Waals surface area contributed by atoms with Crippen LogP contribution in [0.3, 0.4) is 0 Å². The van der Waals surface area contributed by atoms with Gasteiger partial charge >= 0.3 is 0 Å². The number of sulfonamides is 1. The highest BCUT2D eigenvalue weighted by atomic mass is 32.2. The van der Waals surface area contributed by atoms with Crippen molar-refractivity contribution in [1.82, 2.24) is 4.31 Å². The van der Waals surface area contributed by atoms with Crippen molar-refractivity contribution in [3.8, 4) is 0 Å². The molecule has 0 aliphatic heterocycles. The molecule has 26 heavy (non-hydrogen) atoms. The third-order valence-corrected chi connectivity index (χ3v) is 6.64. The molecule has 7 heteroatoms. The van der Waals surface area contributed by atoms with Gasteiger partial charge in [-0.15, -0.1) is 0 Å². The molecule has 0 unspecified atom stereocenters. The van der Waals surface area contributed by atoms with Gasteiger partial charge in [-0.05, 0) is 48.2 Å². The van der Waals surface area contributed by atoms with E-state index in [0.717, 1.165) is 11.3 Å². The number of benzene rings is 2. The van der Waals surface area contributed by atoms with Crippen LogP contribution in [0, 0.1) is 0 Å². The van der Waals surface area contributed by atoms with Gasteiger partial charge < -0.3 is 5.32 Å². The molecule has 0 radical (unpaired) electrons. The van der Waals surface area contributed by atoms with Crippen molar-refractivity contribution in [1.29, 1.82) is 0 Å². The minimum absolute atomic E-state index is 0.215. The third kappa shape index (κ3) is 4.87. The van der Waals surface area contributed by atoms with E-state index in [-0.39, 0.29) is 10.8 Å². The number of hydrogen-bond acceptors (Lipinski definition) is 4. The highest BCUT2D eigenvalue weighted by molar-refractivity contribution is 7.97. The molecule has 0 atom stereocenters. The molecule has 2 rings (SSSR count). The molecule has 0 bridgehead atoms. The Kier molecular flexibility index (Phi) is 7.25. The minimum atomic E-state index is -3.49. The zero-order valence-corrected chi connectivity index (χ0v) is 16.9. The van der Waals surface area contributed by atoms with Crippen LogP contribution in [0.25, 0.3) is 0 Å². The number of nitrogens with zero attached hydrogens (tertiary/aromatic N) is 1. The number of amides is 1. The van der Waals surface area contributed by atoms with E-state index in [0.29, 0.717) is 24.3 Å². The second kappa shape index (κ2) is 9.21. The molecule has 0 aromatic heterocycles. The summed E-state index contributed by atoms with van der Waals surface area (Å²) in [5.74, 6) is 0.631. The number of carbonyl (C=O) groups is 1. The quantitative estimate of drug-likeness (QED) is 0.741. The van der Waals surface area contributed by atoms with Crippen molar-refractivity contribution >= 4 is 33.4 Å². The minimum Gasteiger partial charge on any atom is -0.322 e. The van der Waals surface area contributed by atoms with E-state index in [4.69, 9.17) is 0 Å². The SMILES string of the molecule is CCN(CC)S(=O)(=O)c1ccc(NC(=O)c2cccc(CSC)c2)cc1. The molecule has 0 spiro atoms. The highest BCUT2D eigenvalue weighted by Crippen LogP contribution is 2.19. The van der Waals surface area contributed by atoms with Crippen LogP contribution in [0.1, 0.15) is 29.8 Å². The molecule has 140 valence electrons. The standard InChI is InChI=1S/C19H24N2O3S2/c1-4-21(5-2)26(23,24)18-11-9-17(10-12-18)20-19(22)16-8-6-7-15(13-16)14-25-3/h6-13H,4-5,14H2,1-3H3,(H,20,22). The summed E-state index contributed by atoms with van der Waals surface area (Å²) in [5.41, 5.74) is 2.23. The number of nitrogens with one attached hydrogen (secondary N) is 1. The van der Waals surface area contributed by atoms with Crippen LogP contribution >= 0.6 is 11.8 Å². The summed E-state index contributed by atoms with van der Waals surface area (Å²) in [6, 6.07) is 13.7. The first-order valence-electron chi connectivity index (χ1n) is 8.41. The van der Waals surface area contributed by atoms with Gasteiger partial charge in [0, 0.05) is 30.1 Å². The molecule has 0 aliphatic rings. The van der Waals surface area contributed by atoms with Crippen LogP contribution in [0.15, 0.2) is 53.4 Å². The maximum Gasteiger partial charge on any atom is 0.255 e. The predicted molar refractivity (Wildman–Crippen MR) is 108 cm³/mol. The Hall–Kier alpha value is -1.83. The summed E-state index contributed by atoms with van der Waals surface area (Å²) in [7, 11) is -3.49. The van der Waals surface area contributed by atoms with Crippen LogP contribution in [-0.4, -0.2) is 38.0 Å². The zero-order chi connectivity index (χ0) is 19.2. The molecule has 5 nitrogen and oxygen atoms in total. The monoisotopic (exact) mass is 392 g/mol. The predicted octanol–water partition coefficient (Wildman–Crippen LogP) is 3.83. The molecule has 0 aliphatic carbocycles. The lowest BCUT2D eigenvalue weighted by atomic mass is 10.1. The Morgan fingerprint density at radius 3 is 2.31 bits per heavy atom. The summed E-state index contributed by atoms with van der Waals surface area (Å²) in [6.07, 6.45) is 2.01. The lowest BCUT2D eigenvalue weighted by Gasteiger charge is -2.18. The average molecular weight is 393 g/mol. The van der Waals surface area contributed by atoms with Gasteiger partial charge in [0.2, 0.25) is 10.0 Å². The first-order valence-corrected chi connectivity index (χ1v) is 11.2. The van der Waals surface area contributed by atoms with Crippen molar-refractivity contribution in [3.05, 3.63) is 59.7 Å². The summed E-state index contributed by atoms with van der Waals surface area (Å²) in [4.78, 5) is 12.6. The van der Waals surface area contributed by atoms with Crippen molar-refractivity contribution in [2.45, 2.75) is 24.5 Å². The first kappa shape index (κ1) is 20.5. The Labute approximate surface area is 159 Å². The molecular weight excluding hydrogens is 368 g/mol. The van der Waals surface area contributed by atoms with Gasteiger partial charge in [0.15, 0.2) is 0 Å². The average Bonchev–Trinajstić information content (AvgIpc) is 2.63. The van der Waals surface area contributed by atoms with E-state index in [1.165, 1.54) is 16.4 Å². The van der Waals surface area contributed by atoms with E-state index in [1.54, 1.807) is 43.8 Å². The van der Waals surface area contributed by atoms with Crippen LogP contribution in [0.5, 0.6) is 0 Å². The van der Waals surface area contributed by atoms with Crippen molar-refractivity contribution in [2.75, 3.05) is 24.7 Å². The smallest absolute Gasteiger partial charge is 0.255 e. The van der Waals surface area contributed by atoms with Gasteiger partial charge in [-0.3, -0.25) is 4.79 Å². The van der Waals surface area contributed by atoms with Crippen LogP contribution < -0.4 is 5.32 Å². The van der Waals surface area contributed by atoms with Crippen molar-refractivity contribution in [2.24, 2.45) is 0 Å². The lowest BCUT2D eigenvalue weighted by Crippen LogP contribution is -2.30. The largest absolute Gasteiger partial charge is 0.322 e. The summed E-state index contributed by atoms with van der Waals surface area (Å²) >= 11 is 1.70. The van der Waals surface area contributed by atoms with Gasteiger partial charge in [-0.1, -0.05) is 26.0 Å². The number of hydrogen-bond donors (Lipinski definition) is 1. The molecule has 0 saturated carbocycles. The molecule has 0 fully saturated rings. The number of rotatable bonds is 8.